The third-order valence-electron chi connectivity index (χ3n) is 4.23. The van der Waals surface area contributed by atoms with E-state index in [4.69, 9.17) is 10.5 Å². The Balaban J connectivity index is 2.08. The Morgan fingerprint density at radius 2 is 1.91 bits per heavy atom. The van der Waals surface area contributed by atoms with Crippen molar-refractivity contribution in [3.63, 3.8) is 0 Å². The number of rotatable bonds is 4. The Kier molecular flexibility index (Phi) is 4.43. The van der Waals surface area contributed by atoms with Crippen LogP contribution in [0.1, 0.15) is 11.1 Å². The number of para-hydroxylation sites is 1. The molecule has 1 aliphatic heterocycles. The summed E-state index contributed by atoms with van der Waals surface area (Å²) < 4.78 is 5.89. The second-order valence-electron chi connectivity index (χ2n) is 5.72. The molecular weight excluding hydrogens is 310 g/mol. The van der Waals surface area contributed by atoms with Crippen LogP contribution in [-0.2, 0) is 17.0 Å². The van der Waals surface area contributed by atoms with Crippen LogP contribution in [-0.4, -0.2) is 22.7 Å². The third-order valence-corrected chi connectivity index (χ3v) is 4.62. The van der Waals surface area contributed by atoms with E-state index in [0.717, 1.165) is 5.56 Å². The summed E-state index contributed by atoms with van der Waals surface area (Å²) in [6.07, 6.45) is 0.377. The lowest BCUT2D eigenvalue weighted by Gasteiger charge is -2.41. The van der Waals surface area contributed by atoms with E-state index in [-0.39, 0.29) is 11.5 Å². The van der Waals surface area contributed by atoms with Crippen LogP contribution in [0.5, 0.6) is 5.75 Å². The summed E-state index contributed by atoms with van der Waals surface area (Å²) in [7, 11) is 0. The fraction of sp³-hybridized carbons (Fsp3) is 0.278. The molecule has 2 aromatic carbocycles. The molecule has 23 heavy (non-hydrogen) atoms. The molecule has 1 heterocycles. The number of hydrogen-bond donors (Lipinski definition) is 3. The summed E-state index contributed by atoms with van der Waals surface area (Å²) in [6, 6.07) is 15.6. The smallest absolute Gasteiger partial charge is 0.245 e. The summed E-state index contributed by atoms with van der Waals surface area (Å²) in [5, 5.41) is 11.2. The topological polar surface area (TPSA) is 72.6 Å². The molecular formula is C18H19NO3S. The van der Waals surface area contributed by atoms with Gasteiger partial charge in [-0.3, -0.25) is 4.79 Å². The van der Waals surface area contributed by atoms with Crippen LogP contribution in [0, 0.1) is 5.92 Å². The number of fused-ring (bicyclic) bond motifs is 1. The van der Waals surface area contributed by atoms with Gasteiger partial charge >= 0.3 is 0 Å². The average molecular weight is 329 g/mol. The van der Waals surface area contributed by atoms with Crippen LogP contribution in [0.2, 0.25) is 0 Å². The number of hydrogen-bond acceptors (Lipinski definition) is 5. The lowest BCUT2D eigenvalue weighted by atomic mass is 9.79. The van der Waals surface area contributed by atoms with Gasteiger partial charge in [-0.1, -0.05) is 48.5 Å². The molecule has 5 heteroatoms. The van der Waals surface area contributed by atoms with Crippen LogP contribution in [0.15, 0.2) is 54.6 Å². The number of Topliss-reactive ketones (excluding diaryl/α,β-unsaturated/α-hetero) is 1. The minimum absolute atomic E-state index is 0.224. The Bertz CT molecular complexity index is 706. The standard InChI is InChI=1S/C18H19NO3S/c19-15(11-23)17(20)14-10-12-6-4-5-9-16(12)22-18(14,21)13-7-2-1-3-8-13/h1-9,14-15,21,23H,10-11,19H2/t14?,15-,18?/m0/s1. The molecule has 0 aromatic heterocycles. The van der Waals surface area contributed by atoms with Gasteiger partial charge in [0.05, 0.1) is 12.0 Å². The molecule has 3 N–H and O–H groups in total. The molecule has 0 bridgehead atoms. The maximum Gasteiger partial charge on any atom is 0.245 e. The number of benzene rings is 2. The molecule has 0 aliphatic carbocycles. The van der Waals surface area contributed by atoms with Crippen LogP contribution in [0.4, 0.5) is 0 Å². The van der Waals surface area contributed by atoms with Gasteiger partial charge in [0, 0.05) is 11.3 Å². The molecule has 3 atom stereocenters. The molecule has 0 radical (unpaired) electrons. The Morgan fingerprint density at radius 3 is 2.61 bits per heavy atom. The second-order valence-corrected chi connectivity index (χ2v) is 6.09. The molecule has 2 aromatic rings. The van der Waals surface area contributed by atoms with Crippen molar-refractivity contribution in [2.75, 3.05) is 5.75 Å². The molecule has 1 aliphatic rings. The van der Waals surface area contributed by atoms with E-state index in [0.29, 0.717) is 17.7 Å². The number of ether oxygens (including phenoxy) is 1. The van der Waals surface area contributed by atoms with Gasteiger partial charge in [0.2, 0.25) is 5.79 Å². The first kappa shape index (κ1) is 16.1. The molecule has 3 rings (SSSR count). The summed E-state index contributed by atoms with van der Waals surface area (Å²) in [4.78, 5) is 12.7. The highest BCUT2D eigenvalue weighted by Gasteiger charge is 2.49. The van der Waals surface area contributed by atoms with Crippen molar-refractivity contribution in [2.45, 2.75) is 18.2 Å². The van der Waals surface area contributed by atoms with Gasteiger partial charge in [-0.15, -0.1) is 0 Å². The van der Waals surface area contributed by atoms with Gasteiger partial charge in [-0.25, -0.2) is 0 Å². The van der Waals surface area contributed by atoms with Gasteiger partial charge < -0.3 is 15.6 Å². The zero-order valence-corrected chi connectivity index (χ0v) is 13.4. The zero-order chi connectivity index (χ0) is 16.4. The van der Waals surface area contributed by atoms with Crippen LogP contribution < -0.4 is 10.5 Å². The van der Waals surface area contributed by atoms with Crippen molar-refractivity contribution in [2.24, 2.45) is 11.7 Å². The molecule has 0 saturated carbocycles. The van der Waals surface area contributed by atoms with E-state index in [2.05, 4.69) is 12.6 Å². The fourth-order valence-electron chi connectivity index (χ4n) is 2.95. The molecule has 0 saturated heterocycles. The van der Waals surface area contributed by atoms with Gasteiger partial charge in [0.1, 0.15) is 5.75 Å². The monoisotopic (exact) mass is 329 g/mol. The van der Waals surface area contributed by atoms with E-state index < -0.39 is 17.7 Å². The first-order chi connectivity index (χ1) is 11.1. The first-order valence-corrected chi connectivity index (χ1v) is 8.14. The van der Waals surface area contributed by atoms with Crippen molar-refractivity contribution in [3.8, 4) is 5.75 Å². The van der Waals surface area contributed by atoms with E-state index >= 15 is 0 Å². The van der Waals surface area contributed by atoms with E-state index in [9.17, 15) is 9.90 Å². The minimum atomic E-state index is -1.73. The third kappa shape index (κ3) is 2.87. The number of aliphatic hydroxyl groups is 1. The maximum absolute atomic E-state index is 12.7. The van der Waals surface area contributed by atoms with Crippen molar-refractivity contribution in [3.05, 3.63) is 65.7 Å². The molecule has 0 amide bonds. The number of ketones is 1. The van der Waals surface area contributed by atoms with Gasteiger partial charge in [-0.05, 0) is 18.1 Å². The summed E-state index contributed by atoms with van der Waals surface area (Å²) in [6.45, 7) is 0. The molecule has 2 unspecified atom stereocenters. The largest absolute Gasteiger partial charge is 0.457 e. The zero-order valence-electron chi connectivity index (χ0n) is 12.6. The Morgan fingerprint density at radius 1 is 1.26 bits per heavy atom. The molecule has 120 valence electrons. The van der Waals surface area contributed by atoms with E-state index in [1.807, 2.05) is 24.3 Å². The van der Waals surface area contributed by atoms with Crippen molar-refractivity contribution < 1.29 is 14.6 Å². The normalized spacial score (nSPS) is 24.4. The quantitative estimate of drug-likeness (QED) is 0.749. The number of carbonyl (C=O) groups is 1. The molecule has 0 spiro atoms. The molecule has 0 fully saturated rings. The average Bonchev–Trinajstić information content (AvgIpc) is 2.60. The maximum atomic E-state index is 12.7. The summed E-state index contributed by atoms with van der Waals surface area (Å²) >= 11 is 4.11. The van der Waals surface area contributed by atoms with Crippen LogP contribution in [0.3, 0.4) is 0 Å². The number of carbonyl (C=O) groups excluding carboxylic acids is 1. The second kappa shape index (κ2) is 6.35. The first-order valence-electron chi connectivity index (χ1n) is 7.51. The highest BCUT2D eigenvalue weighted by Crippen LogP contribution is 2.42. The summed E-state index contributed by atoms with van der Waals surface area (Å²) in [5.41, 5.74) is 7.30. The Hall–Kier alpha value is -1.82. The lowest BCUT2D eigenvalue weighted by molar-refractivity contribution is -0.198. The summed E-state index contributed by atoms with van der Waals surface area (Å²) in [5.74, 6) is -1.94. The highest BCUT2D eigenvalue weighted by molar-refractivity contribution is 7.80. The van der Waals surface area contributed by atoms with Crippen molar-refractivity contribution in [1.82, 2.24) is 0 Å². The van der Waals surface area contributed by atoms with Gasteiger partial charge in [0.25, 0.3) is 0 Å². The Labute approximate surface area is 140 Å². The van der Waals surface area contributed by atoms with E-state index in [1.54, 1.807) is 30.3 Å². The predicted molar refractivity (Wildman–Crippen MR) is 91.4 cm³/mol. The van der Waals surface area contributed by atoms with Crippen molar-refractivity contribution in [1.29, 1.82) is 0 Å². The van der Waals surface area contributed by atoms with Crippen LogP contribution >= 0.6 is 12.6 Å². The van der Waals surface area contributed by atoms with Crippen LogP contribution in [0.25, 0.3) is 0 Å². The SMILES string of the molecule is N[C@@H](CS)C(=O)C1Cc2ccccc2OC1(O)c1ccccc1. The van der Waals surface area contributed by atoms with Gasteiger partial charge in [0.15, 0.2) is 5.78 Å². The van der Waals surface area contributed by atoms with Gasteiger partial charge in [-0.2, -0.15) is 12.6 Å². The minimum Gasteiger partial charge on any atom is -0.457 e. The highest BCUT2D eigenvalue weighted by atomic mass is 32.1. The molecule has 4 nitrogen and oxygen atoms in total. The fourth-order valence-corrected chi connectivity index (χ4v) is 3.13. The van der Waals surface area contributed by atoms with E-state index in [1.165, 1.54) is 0 Å². The number of thiol groups is 1. The number of nitrogens with two attached hydrogens (primary N) is 1. The predicted octanol–water partition coefficient (Wildman–Crippen LogP) is 1.91. The lowest BCUT2D eigenvalue weighted by Crippen LogP contribution is -2.53. The van der Waals surface area contributed by atoms with Crippen molar-refractivity contribution >= 4 is 18.4 Å².